The first-order valence-corrected chi connectivity index (χ1v) is 12.6. The zero-order chi connectivity index (χ0) is 26.9. The summed E-state index contributed by atoms with van der Waals surface area (Å²) in [5.41, 5.74) is 3.87. The first kappa shape index (κ1) is 26.9. The molecule has 0 radical (unpaired) electrons. The number of nitrogens with one attached hydrogen (secondary N) is 1. The molecule has 3 aromatic rings. The fourth-order valence-corrected chi connectivity index (χ4v) is 5.68. The zero-order valence-corrected chi connectivity index (χ0v) is 21.6. The number of aromatic amines is 1. The van der Waals surface area contributed by atoms with Crippen molar-refractivity contribution in [3.05, 3.63) is 62.8 Å². The summed E-state index contributed by atoms with van der Waals surface area (Å²) in [4.78, 5) is 30.2. The second kappa shape index (κ2) is 10.7. The number of carbonyl (C=O) groups is 1. The van der Waals surface area contributed by atoms with Crippen molar-refractivity contribution >= 4 is 11.3 Å². The number of halogens is 3. The molecule has 0 amide bonds. The number of hydrogen-bond donors (Lipinski definition) is 1. The second-order valence-electron chi connectivity index (χ2n) is 9.97. The van der Waals surface area contributed by atoms with Crippen molar-refractivity contribution in [2.75, 3.05) is 26.7 Å². The second-order valence-corrected chi connectivity index (χ2v) is 9.97. The Kier molecular flexibility index (Phi) is 7.77. The average molecular weight is 519 g/mol. The fourth-order valence-electron chi connectivity index (χ4n) is 5.68. The van der Waals surface area contributed by atoms with Crippen LogP contribution in [-0.2, 0) is 6.42 Å². The first-order chi connectivity index (χ1) is 17.5. The molecule has 0 aromatic carbocycles. The van der Waals surface area contributed by atoms with Crippen LogP contribution in [0.15, 0.2) is 29.2 Å². The minimum absolute atomic E-state index is 0.0111. The van der Waals surface area contributed by atoms with Crippen LogP contribution >= 0.6 is 0 Å². The molecule has 0 spiro atoms. The summed E-state index contributed by atoms with van der Waals surface area (Å²) < 4.78 is 45.6. The highest BCUT2D eigenvalue weighted by atomic mass is 19.4. The maximum absolute atomic E-state index is 13.5. The fraction of sp³-hybridized carbons (Fsp3) is 0.519. The summed E-state index contributed by atoms with van der Waals surface area (Å²) in [6.45, 7) is 5.65. The van der Waals surface area contributed by atoms with E-state index < -0.39 is 12.7 Å². The van der Waals surface area contributed by atoms with Crippen LogP contribution in [0.4, 0.5) is 13.2 Å². The number of hydrogen-bond acceptors (Lipinski definition) is 5. The van der Waals surface area contributed by atoms with Crippen LogP contribution in [0.1, 0.15) is 65.0 Å². The monoisotopic (exact) mass is 518 g/mol. The van der Waals surface area contributed by atoms with Gasteiger partial charge in [-0.05, 0) is 75.9 Å². The number of rotatable bonds is 8. The van der Waals surface area contributed by atoms with E-state index in [2.05, 4.69) is 17.0 Å². The van der Waals surface area contributed by atoms with Gasteiger partial charge in [0.2, 0.25) is 0 Å². The third kappa shape index (κ3) is 5.74. The molecule has 1 fully saturated rings. The number of ketones is 1. The molecular weight excluding hydrogens is 485 g/mol. The van der Waals surface area contributed by atoms with E-state index in [4.69, 9.17) is 4.74 Å². The Morgan fingerprint density at radius 1 is 1.27 bits per heavy atom. The van der Waals surface area contributed by atoms with Crippen LogP contribution < -0.4 is 10.3 Å². The van der Waals surface area contributed by atoms with Gasteiger partial charge in [-0.15, -0.1) is 0 Å². The zero-order valence-electron chi connectivity index (χ0n) is 21.6. The van der Waals surface area contributed by atoms with Gasteiger partial charge >= 0.3 is 6.18 Å². The van der Waals surface area contributed by atoms with Crippen molar-refractivity contribution in [3.63, 3.8) is 0 Å². The first-order valence-electron chi connectivity index (χ1n) is 12.6. The molecule has 1 aliphatic heterocycles. The van der Waals surface area contributed by atoms with Gasteiger partial charge in [0, 0.05) is 35.5 Å². The Morgan fingerprint density at radius 2 is 1.97 bits per heavy atom. The lowest BCUT2D eigenvalue weighted by Gasteiger charge is -2.35. The number of Topliss-reactive ketones (excluding diaryl/α,β-unsaturated/α-hetero) is 1. The average Bonchev–Trinajstić information content (AvgIpc) is 3.13. The van der Waals surface area contributed by atoms with E-state index in [1.165, 1.54) is 12.0 Å². The molecule has 4 heterocycles. The van der Waals surface area contributed by atoms with Crippen LogP contribution in [0, 0.1) is 19.8 Å². The SMILES string of the molecule is COc1cc(C)[nH]c(=O)c1CCC(=O)c1c(C)c(C(C)C2CCN(CC(F)(F)F)CC2)n2ncccc12. The van der Waals surface area contributed by atoms with Gasteiger partial charge in [-0.3, -0.25) is 14.5 Å². The lowest BCUT2D eigenvalue weighted by molar-refractivity contribution is -0.148. The van der Waals surface area contributed by atoms with E-state index >= 15 is 0 Å². The number of piperidine rings is 1. The summed E-state index contributed by atoms with van der Waals surface area (Å²) in [5, 5.41) is 4.52. The normalized spacial score (nSPS) is 16.3. The molecule has 0 bridgehead atoms. The van der Waals surface area contributed by atoms with E-state index in [1.54, 1.807) is 29.8 Å². The standard InChI is InChI=1S/C27H33F3N4O3/c1-16-14-23(37-4)20(26(36)32-16)7-8-22(35)24-18(3)25(34-21(24)6-5-11-31-34)17(2)19-9-12-33(13-10-19)15-27(28,29)30/h5-6,11,14,17,19H,7-10,12-13,15H2,1-4H3,(H,32,36). The number of fused-ring (bicyclic) bond motifs is 1. The van der Waals surface area contributed by atoms with E-state index in [-0.39, 0.29) is 36.0 Å². The van der Waals surface area contributed by atoms with E-state index in [9.17, 15) is 22.8 Å². The summed E-state index contributed by atoms with van der Waals surface area (Å²) in [6, 6.07) is 5.38. The number of methoxy groups -OCH3 is 1. The highest BCUT2D eigenvalue weighted by Gasteiger charge is 2.35. The number of carbonyl (C=O) groups excluding carboxylic acids is 1. The van der Waals surface area contributed by atoms with Crippen LogP contribution in [0.25, 0.3) is 5.52 Å². The van der Waals surface area contributed by atoms with Gasteiger partial charge in [-0.1, -0.05) is 6.92 Å². The Balaban J connectivity index is 1.58. The molecule has 7 nitrogen and oxygen atoms in total. The summed E-state index contributed by atoms with van der Waals surface area (Å²) >= 11 is 0. The predicted molar refractivity (Wildman–Crippen MR) is 135 cm³/mol. The van der Waals surface area contributed by atoms with Gasteiger partial charge in [0.25, 0.3) is 5.56 Å². The molecular formula is C27H33F3N4O3. The third-order valence-corrected chi connectivity index (χ3v) is 7.50. The third-order valence-electron chi connectivity index (χ3n) is 7.50. The summed E-state index contributed by atoms with van der Waals surface area (Å²) in [7, 11) is 1.50. The molecule has 1 unspecified atom stereocenters. The molecule has 1 saturated heterocycles. The van der Waals surface area contributed by atoms with Crippen LogP contribution in [0.5, 0.6) is 5.75 Å². The lowest BCUT2D eigenvalue weighted by atomic mass is 9.82. The number of H-pyrrole nitrogens is 1. The van der Waals surface area contributed by atoms with Crippen molar-refractivity contribution in [3.8, 4) is 5.75 Å². The number of aryl methyl sites for hydroxylation is 1. The Bertz CT molecular complexity index is 1340. The summed E-state index contributed by atoms with van der Waals surface area (Å²) in [5.74, 6) is 0.558. The Morgan fingerprint density at radius 3 is 2.62 bits per heavy atom. The maximum Gasteiger partial charge on any atom is 0.401 e. The Hall–Kier alpha value is -3.14. The number of nitrogens with zero attached hydrogens (tertiary/aromatic N) is 3. The van der Waals surface area contributed by atoms with Crippen LogP contribution in [0.3, 0.4) is 0 Å². The smallest absolute Gasteiger partial charge is 0.401 e. The Labute approximate surface area is 213 Å². The highest BCUT2D eigenvalue weighted by Crippen LogP contribution is 2.37. The number of aromatic nitrogens is 3. The molecule has 4 rings (SSSR count). The predicted octanol–water partition coefficient (Wildman–Crippen LogP) is 4.84. The molecule has 1 aliphatic rings. The quantitative estimate of drug-likeness (QED) is 0.432. The van der Waals surface area contributed by atoms with Crippen molar-refractivity contribution in [1.29, 1.82) is 0 Å². The molecule has 3 aromatic heterocycles. The van der Waals surface area contributed by atoms with E-state index in [0.29, 0.717) is 54.0 Å². The number of alkyl halides is 3. The minimum atomic E-state index is -4.20. The lowest BCUT2D eigenvalue weighted by Crippen LogP contribution is -2.41. The van der Waals surface area contributed by atoms with Gasteiger partial charge in [0.05, 0.1) is 24.7 Å². The topological polar surface area (TPSA) is 79.7 Å². The van der Waals surface area contributed by atoms with Gasteiger partial charge in [-0.2, -0.15) is 18.3 Å². The largest absolute Gasteiger partial charge is 0.496 e. The molecule has 10 heteroatoms. The van der Waals surface area contributed by atoms with Gasteiger partial charge in [-0.25, -0.2) is 4.52 Å². The molecule has 37 heavy (non-hydrogen) atoms. The van der Waals surface area contributed by atoms with Gasteiger partial charge in [0.15, 0.2) is 5.78 Å². The molecule has 0 saturated carbocycles. The maximum atomic E-state index is 13.5. The van der Waals surface area contributed by atoms with Gasteiger partial charge < -0.3 is 9.72 Å². The van der Waals surface area contributed by atoms with Crippen molar-refractivity contribution in [2.45, 2.75) is 58.5 Å². The minimum Gasteiger partial charge on any atom is -0.496 e. The highest BCUT2D eigenvalue weighted by molar-refractivity contribution is 6.04. The number of ether oxygens (including phenoxy) is 1. The molecule has 200 valence electrons. The molecule has 0 aliphatic carbocycles. The van der Waals surface area contributed by atoms with E-state index in [0.717, 1.165) is 11.3 Å². The van der Waals surface area contributed by atoms with Crippen LogP contribution in [-0.4, -0.2) is 58.2 Å². The van der Waals surface area contributed by atoms with Crippen LogP contribution in [0.2, 0.25) is 0 Å². The van der Waals surface area contributed by atoms with Crippen molar-refractivity contribution in [1.82, 2.24) is 19.5 Å². The summed E-state index contributed by atoms with van der Waals surface area (Å²) in [6.07, 6.45) is -0.871. The number of likely N-dealkylation sites (tertiary alicyclic amines) is 1. The van der Waals surface area contributed by atoms with Gasteiger partial charge in [0.1, 0.15) is 5.75 Å². The van der Waals surface area contributed by atoms with Crippen molar-refractivity contribution < 1.29 is 22.7 Å². The van der Waals surface area contributed by atoms with Crippen molar-refractivity contribution in [2.24, 2.45) is 5.92 Å². The molecule has 1 atom stereocenters. The number of pyridine rings is 1. The molecule has 1 N–H and O–H groups in total. The van der Waals surface area contributed by atoms with E-state index in [1.807, 2.05) is 13.0 Å².